The second-order valence-electron chi connectivity index (χ2n) is 12.4. The minimum Gasteiger partial charge on any atom is -0.456 e. The predicted molar refractivity (Wildman–Crippen MR) is 199 cm³/mol. The zero-order chi connectivity index (χ0) is 41.6. The van der Waals surface area contributed by atoms with E-state index in [1.54, 1.807) is 30.3 Å². The van der Waals surface area contributed by atoms with Crippen molar-refractivity contribution in [3.8, 4) is 22.3 Å². The van der Waals surface area contributed by atoms with Gasteiger partial charge in [0.05, 0.1) is 31.8 Å². The second-order valence-corrected chi connectivity index (χ2v) is 12.4. The van der Waals surface area contributed by atoms with Crippen LogP contribution in [0.25, 0.3) is 66.1 Å². The highest BCUT2D eigenvalue weighted by Gasteiger charge is 2.38. The van der Waals surface area contributed by atoms with Gasteiger partial charge in [-0.05, 0) is 64.6 Å². The Morgan fingerprint density at radius 1 is 0.542 bits per heavy atom. The Kier molecular flexibility index (Phi) is 3.81. The molecule has 0 N–H and O–H groups in total. The number of nitrogens with zero attached hydrogens (tertiary/aromatic N) is 1. The highest BCUT2D eigenvalue weighted by atomic mass is 16.3. The molecule has 2 heterocycles. The van der Waals surface area contributed by atoms with Crippen LogP contribution in [-0.4, -0.2) is 0 Å². The van der Waals surface area contributed by atoms with E-state index in [2.05, 4.69) is 0 Å². The Morgan fingerprint density at radius 3 is 2.25 bits per heavy atom. The van der Waals surface area contributed by atoms with Gasteiger partial charge in [0.15, 0.2) is 0 Å². The van der Waals surface area contributed by atoms with E-state index >= 15 is 0 Å². The van der Waals surface area contributed by atoms with Crippen LogP contribution in [0, 0.1) is 0 Å². The maximum Gasteiger partial charge on any atom is 0.143 e. The number of rotatable bonds is 4. The molecule has 1 aliphatic rings. The largest absolute Gasteiger partial charge is 0.456 e. The van der Waals surface area contributed by atoms with Gasteiger partial charge in [0.1, 0.15) is 22.3 Å². The molecule has 3 heteroatoms. The molecule has 0 atom stereocenters. The number of hydrogen-bond acceptors (Lipinski definition) is 3. The van der Waals surface area contributed by atoms with Crippen molar-refractivity contribution >= 4 is 60.9 Å². The molecule has 0 bridgehead atoms. The average Bonchev–Trinajstić information content (AvgIpc) is 3.86. The summed E-state index contributed by atoms with van der Waals surface area (Å²) in [4.78, 5) is 1.37. The van der Waals surface area contributed by atoms with Crippen molar-refractivity contribution in [2.24, 2.45) is 0 Å². The van der Waals surface area contributed by atoms with Crippen LogP contribution in [0.4, 0.5) is 17.1 Å². The Labute approximate surface area is 293 Å². The zero-order valence-electron chi connectivity index (χ0n) is 36.8. The van der Waals surface area contributed by atoms with Gasteiger partial charge in [0, 0.05) is 38.4 Å². The minimum atomic E-state index is -0.676. The fourth-order valence-corrected chi connectivity index (χ4v) is 7.23. The van der Waals surface area contributed by atoms with Gasteiger partial charge in [-0.1, -0.05) is 123 Å². The van der Waals surface area contributed by atoms with E-state index in [1.165, 1.54) is 4.90 Å². The van der Waals surface area contributed by atoms with Gasteiger partial charge in [-0.25, -0.2) is 0 Å². The molecule has 0 amide bonds. The summed E-state index contributed by atoms with van der Waals surface area (Å²) in [5, 5.41) is 1.49. The number of para-hydroxylation sites is 3. The zero-order valence-corrected chi connectivity index (χ0v) is 25.8. The third-order valence-corrected chi connectivity index (χ3v) is 9.47. The first-order valence-corrected chi connectivity index (χ1v) is 15.6. The highest BCUT2D eigenvalue weighted by Crippen LogP contribution is 2.55. The van der Waals surface area contributed by atoms with Crippen molar-refractivity contribution in [3.63, 3.8) is 0 Å². The lowest BCUT2D eigenvalue weighted by Crippen LogP contribution is -2.16. The number of furan rings is 2. The van der Waals surface area contributed by atoms with Crippen LogP contribution < -0.4 is 4.90 Å². The fraction of sp³-hybridized carbons (Fsp3) is 0.0667. The standard InChI is InChI=1S/C45H31NO2/c1-45(2)35-17-6-3-13-33(35)42-36(45)18-10-19-37(42)46(38-20-11-23-41-43(38)34-14-5-8-22-40(34)47-41)29-26-24-28(25-27-29)30-15-9-16-32-31-12-4-7-21-39(31)48-44(30)32/h3-27H,1-2H3/i5D,8D,11D,13D,14D,19D,20D,22D,23D,26D,27D. The van der Waals surface area contributed by atoms with Crippen molar-refractivity contribution in [2.45, 2.75) is 19.3 Å². The molecular formula is C45H31NO2. The van der Waals surface area contributed by atoms with Crippen molar-refractivity contribution in [3.05, 3.63) is 163 Å². The topological polar surface area (TPSA) is 29.5 Å². The van der Waals surface area contributed by atoms with E-state index in [4.69, 9.17) is 18.4 Å². The van der Waals surface area contributed by atoms with Gasteiger partial charge in [-0.2, -0.15) is 0 Å². The van der Waals surface area contributed by atoms with Crippen molar-refractivity contribution in [2.75, 3.05) is 4.90 Å². The molecule has 2 aromatic heterocycles. The summed E-state index contributed by atoms with van der Waals surface area (Å²) >= 11 is 0. The summed E-state index contributed by atoms with van der Waals surface area (Å²) in [6.07, 6.45) is 0. The quantitative estimate of drug-likeness (QED) is 0.194. The first kappa shape index (κ1) is 18.3. The van der Waals surface area contributed by atoms with Gasteiger partial charge in [-0.15, -0.1) is 0 Å². The third kappa shape index (κ3) is 3.76. The Hall–Kier alpha value is -6.06. The molecule has 10 rings (SSSR count). The number of anilines is 3. The number of hydrogen-bond donors (Lipinski definition) is 0. The Morgan fingerprint density at radius 2 is 1.33 bits per heavy atom. The summed E-state index contributed by atoms with van der Waals surface area (Å²) in [7, 11) is 0. The monoisotopic (exact) mass is 628 g/mol. The van der Waals surface area contributed by atoms with E-state index in [1.807, 2.05) is 68.4 Å². The summed E-state index contributed by atoms with van der Waals surface area (Å²) in [6.45, 7) is 4.00. The first-order chi connectivity index (χ1) is 28.1. The first-order valence-electron chi connectivity index (χ1n) is 21.1. The molecule has 228 valence electrons. The van der Waals surface area contributed by atoms with Gasteiger partial charge in [0.25, 0.3) is 0 Å². The minimum absolute atomic E-state index is 0.0882. The van der Waals surface area contributed by atoms with Crippen LogP contribution in [0.2, 0.25) is 0 Å². The lowest BCUT2D eigenvalue weighted by atomic mass is 9.82. The summed E-state index contributed by atoms with van der Waals surface area (Å²) in [6, 6.07) is 20.9. The lowest BCUT2D eigenvalue weighted by Gasteiger charge is -2.29. The number of benzene rings is 7. The third-order valence-electron chi connectivity index (χ3n) is 9.47. The Bertz CT molecular complexity index is 3330. The van der Waals surface area contributed by atoms with Crippen molar-refractivity contribution < 1.29 is 23.9 Å². The van der Waals surface area contributed by atoms with Crippen LogP contribution in [0.5, 0.6) is 0 Å². The molecule has 0 aliphatic heterocycles. The molecule has 0 spiro atoms. The van der Waals surface area contributed by atoms with Crippen LogP contribution in [0.15, 0.2) is 160 Å². The number of fused-ring (bicyclic) bond motifs is 9. The molecule has 0 fully saturated rings. The maximum absolute atomic E-state index is 9.74. The lowest BCUT2D eigenvalue weighted by molar-refractivity contribution is 0.660. The Balaban J connectivity index is 1.37. The fourth-order valence-electron chi connectivity index (χ4n) is 7.23. The van der Waals surface area contributed by atoms with Crippen molar-refractivity contribution in [1.82, 2.24) is 0 Å². The highest BCUT2D eigenvalue weighted by molar-refractivity contribution is 6.14. The normalized spacial score (nSPS) is 16.6. The van der Waals surface area contributed by atoms with Crippen LogP contribution in [0.1, 0.15) is 40.1 Å². The molecule has 1 aliphatic carbocycles. The molecule has 7 aromatic carbocycles. The molecule has 3 nitrogen and oxygen atoms in total. The maximum atomic E-state index is 9.74. The van der Waals surface area contributed by atoms with Gasteiger partial charge in [-0.3, -0.25) is 0 Å². The SMILES string of the molecule is [2H]c1cccc2c1-c1c(ccc([2H])c1N(c1c([2H])cc(-c3cccc4c3oc3ccccc34)cc1[2H])c1c([2H])c([2H])c([2H])c3oc4c([2H])c([2H])c([2H])c([2H])c4c13)C2(C)C. The van der Waals surface area contributed by atoms with Gasteiger partial charge >= 0.3 is 0 Å². The van der Waals surface area contributed by atoms with Crippen LogP contribution in [-0.2, 0) is 5.41 Å². The van der Waals surface area contributed by atoms with E-state index in [0.717, 1.165) is 21.9 Å². The van der Waals surface area contributed by atoms with E-state index in [9.17, 15) is 5.48 Å². The van der Waals surface area contributed by atoms with Gasteiger partial charge in [0.2, 0.25) is 0 Å². The second kappa shape index (κ2) is 9.97. The predicted octanol–water partition coefficient (Wildman–Crippen LogP) is 12.9. The van der Waals surface area contributed by atoms with Crippen LogP contribution in [0.3, 0.4) is 0 Å². The average molecular weight is 629 g/mol. The van der Waals surface area contributed by atoms with Crippen molar-refractivity contribution in [1.29, 1.82) is 0 Å². The van der Waals surface area contributed by atoms with E-state index in [-0.39, 0.29) is 63.2 Å². The van der Waals surface area contributed by atoms with E-state index < -0.39 is 47.7 Å². The van der Waals surface area contributed by atoms with E-state index in [0.29, 0.717) is 33.4 Å². The molecule has 9 aromatic rings. The molecule has 0 saturated heterocycles. The van der Waals surface area contributed by atoms with Gasteiger partial charge < -0.3 is 13.7 Å². The molecule has 0 radical (unpaired) electrons. The summed E-state index contributed by atoms with van der Waals surface area (Å²) in [5.41, 5.74) is 3.36. The smallest absolute Gasteiger partial charge is 0.143 e. The van der Waals surface area contributed by atoms with Crippen LogP contribution >= 0.6 is 0 Å². The molecular weight excluding hydrogens is 587 g/mol. The summed E-state index contributed by atoms with van der Waals surface area (Å²) in [5.74, 6) is 0. The molecule has 0 saturated carbocycles. The summed E-state index contributed by atoms with van der Waals surface area (Å²) < 4.78 is 113. The molecule has 0 unspecified atom stereocenters. The molecule has 48 heavy (non-hydrogen) atoms.